The summed E-state index contributed by atoms with van der Waals surface area (Å²) >= 11 is 0. The van der Waals surface area contributed by atoms with E-state index < -0.39 is 36.9 Å². The molecule has 0 saturated heterocycles. The monoisotopic (exact) mass is 1050 g/mol. The molecule has 0 bridgehead atoms. The van der Waals surface area contributed by atoms with Gasteiger partial charge in [0.2, 0.25) is 5.91 Å². The lowest BCUT2D eigenvalue weighted by atomic mass is 9.99. The maximum Gasteiger partial charge on any atom is 0.249 e. The third kappa shape index (κ3) is 55.8. The molecule has 0 aliphatic carbocycles. The first-order valence-corrected chi connectivity index (χ1v) is 34.1. The number of carbonyl (C=O) groups is 1. The van der Waals surface area contributed by atoms with Crippen LogP contribution in [-0.4, -0.2) is 57.3 Å². The number of nitrogens with one attached hydrogen (secondary N) is 1. The summed E-state index contributed by atoms with van der Waals surface area (Å²) in [7, 11) is 0. The summed E-state index contributed by atoms with van der Waals surface area (Å²) in [5, 5.41) is 44.2. The fourth-order valence-corrected chi connectivity index (χ4v) is 11.2. The van der Waals surface area contributed by atoms with Gasteiger partial charge in [-0.05, 0) is 38.5 Å². The van der Waals surface area contributed by atoms with Gasteiger partial charge in [0, 0.05) is 0 Å². The molecule has 6 nitrogen and oxygen atoms in total. The molecule has 0 aromatic carbocycles. The number of allylic oxidation sites excluding steroid dienone is 2. The van der Waals surface area contributed by atoms with Crippen LogP contribution in [0.3, 0.4) is 0 Å². The maximum absolute atomic E-state index is 12.7. The average Bonchev–Trinajstić information content (AvgIpc) is 3.41. The van der Waals surface area contributed by atoms with Crippen LogP contribution in [0.25, 0.3) is 0 Å². The largest absolute Gasteiger partial charge is 0.394 e. The van der Waals surface area contributed by atoms with Crippen LogP contribution in [0.15, 0.2) is 12.2 Å². The SMILES string of the molecule is CCCCCCCCCCCCCC/C=C\CCCCCCCCCCCCCCCCCCC(O)C(=O)NC(CO)C(O)C(O)CCCCCCCCCCCCCCCCCCCCCCCCCCCC. The van der Waals surface area contributed by atoms with Crippen LogP contribution in [0.4, 0.5) is 0 Å². The third-order valence-electron chi connectivity index (χ3n) is 16.5. The van der Waals surface area contributed by atoms with E-state index in [9.17, 15) is 25.2 Å². The van der Waals surface area contributed by atoms with Gasteiger partial charge in [-0.15, -0.1) is 0 Å². The van der Waals surface area contributed by atoms with Crippen molar-refractivity contribution in [2.24, 2.45) is 0 Å². The molecular formula is C68H135NO5. The highest BCUT2D eigenvalue weighted by atomic mass is 16.3. The zero-order chi connectivity index (χ0) is 53.7. The van der Waals surface area contributed by atoms with Crippen LogP contribution in [-0.2, 0) is 4.79 Å². The van der Waals surface area contributed by atoms with Crippen LogP contribution < -0.4 is 5.32 Å². The topological polar surface area (TPSA) is 110 Å². The van der Waals surface area contributed by atoms with Crippen LogP contribution in [0, 0.1) is 0 Å². The van der Waals surface area contributed by atoms with E-state index in [1.807, 2.05) is 0 Å². The molecule has 0 fully saturated rings. The third-order valence-corrected chi connectivity index (χ3v) is 16.5. The Bertz CT molecular complexity index is 1080. The first-order chi connectivity index (χ1) is 36.5. The van der Waals surface area contributed by atoms with E-state index in [1.54, 1.807) is 0 Å². The molecule has 1 amide bonds. The summed E-state index contributed by atoms with van der Waals surface area (Å²) in [6.45, 7) is 4.11. The van der Waals surface area contributed by atoms with Gasteiger partial charge in [0.05, 0.1) is 18.8 Å². The van der Waals surface area contributed by atoms with Gasteiger partial charge in [-0.2, -0.15) is 0 Å². The van der Waals surface area contributed by atoms with Crippen LogP contribution in [0.5, 0.6) is 0 Å². The fraction of sp³-hybridized carbons (Fsp3) is 0.956. The molecule has 5 N–H and O–H groups in total. The number of aliphatic hydroxyl groups excluding tert-OH is 4. The lowest BCUT2D eigenvalue weighted by Crippen LogP contribution is -2.53. The number of hydrogen-bond acceptors (Lipinski definition) is 5. The second kappa shape index (κ2) is 62.9. The van der Waals surface area contributed by atoms with Crippen molar-refractivity contribution in [3.63, 3.8) is 0 Å². The number of amides is 1. The molecule has 0 aliphatic heterocycles. The number of hydrogen-bond donors (Lipinski definition) is 5. The smallest absolute Gasteiger partial charge is 0.249 e. The Morgan fingerprint density at radius 2 is 0.541 bits per heavy atom. The Morgan fingerprint density at radius 1 is 0.324 bits per heavy atom. The Balaban J connectivity index is 3.53. The second-order valence-electron chi connectivity index (χ2n) is 23.9. The summed E-state index contributed by atoms with van der Waals surface area (Å²) in [5.74, 6) is -0.575. The Hall–Kier alpha value is -0.950. The molecule has 6 heteroatoms. The minimum absolute atomic E-state index is 0.374. The Kier molecular flexibility index (Phi) is 62.1. The second-order valence-corrected chi connectivity index (χ2v) is 23.9. The van der Waals surface area contributed by atoms with Gasteiger partial charge >= 0.3 is 0 Å². The molecule has 4 unspecified atom stereocenters. The normalized spacial score (nSPS) is 13.5. The van der Waals surface area contributed by atoms with E-state index in [2.05, 4.69) is 31.3 Å². The minimum Gasteiger partial charge on any atom is -0.394 e. The highest BCUT2D eigenvalue weighted by molar-refractivity contribution is 5.80. The summed E-state index contributed by atoms with van der Waals surface area (Å²) in [6.07, 6.45) is 77.6. The van der Waals surface area contributed by atoms with Gasteiger partial charge in [-0.3, -0.25) is 4.79 Å². The summed E-state index contributed by atoms with van der Waals surface area (Å²) in [5.41, 5.74) is 0. The average molecular weight is 1050 g/mol. The first kappa shape index (κ1) is 73.0. The molecule has 442 valence electrons. The van der Waals surface area contributed by atoms with E-state index in [1.165, 1.54) is 321 Å². The zero-order valence-corrected chi connectivity index (χ0v) is 50.4. The molecule has 0 aliphatic rings. The fourth-order valence-electron chi connectivity index (χ4n) is 11.2. The molecule has 0 aromatic heterocycles. The van der Waals surface area contributed by atoms with Crippen molar-refractivity contribution in [1.29, 1.82) is 0 Å². The first-order valence-electron chi connectivity index (χ1n) is 34.1. The molecular weight excluding hydrogens is 911 g/mol. The molecule has 4 atom stereocenters. The predicted molar refractivity (Wildman–Crippen MR) is 325 cm³/mol. The zero-order valence-electron chi connectivity index (χ0n) is 50.4. The van der Waals surface area contributed by atoms with Gasteiger partial charge in [0.25, 0.3) is 0 Å². The number of aliphatic hydroxyl groups is 4. The number of rotatable bonds is 64. The molecule has 74 heavy (non-hydrogen) atoms. The number of carbonyl (C=O) groups excluding carboxylic acids is 1. The van der Waals surface area contributed by atoms with Crippen molar-refractivity contribution in [1.82, 2.24) is 5.32 Å². The van der Waals surface area contributed by atoms with E-state index >= 15 is 0 Å². The van der Waals surface area contributed by atoms with E-state index in [-0.39, 0.29) is 0 Å². The van der Waals surface area contributed by atoms with Crippen molar-refractivity contribution in [3.8, 4) is 0 Å². The highest BCUT2D eigenvalue weighted by Crippen LogP contribution is 2.20. The van der Waals surface area contributed by atoms with E-state index in [0.29, 0.717) is 12.8 Å². The van der Waals surface area contributed by atoms with Crippen molar-refractivity contribution < 1.29 is 25.2 Å². The van der Waals surface area contributed by atoms with Crippen LogP contribution in [0.2, 0.25) is 0 Å². The Morgan fingerprint density at radius 3 is 0.784 bits per heavy atom. The van der Waals surface area contributed by atoms with E-state index in [0.717, 1.165) is 38.5 Å². The highest BCUT2D eigenvalue weighted by Gasteiger charge is 2.28. The van der Waals surface area contributed by atoms with Crippen LogP contribution >= 0.6 is 0 Å². The van der Waals surface area contributed by atoms with Gasteiger partial charge < -0.3 is 25.7 Å². The summed E-state index contributed by atoms with van der Waals surface area (Å²) in [6, 6.07) is -0.984. The molecule has 0 aromatic rings. The number of unbranched alkanes of at least 4 members (excludes halogenated alkanes) is 53. The summed E-state index contributed by atoms with van der Waals surface area (Å²) in [4.78, 5) is 12.7. The van der Waals surface area contributed by atoms with Gasteiger partial charge in [-0.25, -0.2) is 0 Å². The molecule has 0 heterocycles. The van der Waals surface area contributed by atoms with Crippen molar-refractivity contribution in [2.75, 3.05) is 6.61 Å². The Labute approximate surface area is 463 Å². The molecule has 0 rings (SSSR count). The minimum atomic E-state index is -1.26. The summed E-state index contributed by atoms with van der Waals surface area (Å²) < 4.78 is 0. The quantitative estimate of drug-likeness (QED) is 0.0308. The van der Waals surface area contributed by atoms with Gasteiger partial charge in [0.1, 0.15) is 12.2 Å². The predicted octanol–water partition coefficient (Wildman–Crippen LogP) is 20.8. The van der Waals surface area contributed by atoms with Crippen molar-refractivity contribution in [3.05, 3.63) is 12.2 Å². The van der Waals surface area contributed by atoms with Gasteiger partial charge in [-0.1, -0.05) is 360 Å². The van der Waals surface area contributed by atoms with Crippen molar-refractivity contribution in [2.45, 2.75) is 411 Å². The van der Waals surface area contributed by atoms with Crippen molar-refractivity contribution >= 4 is 5.91 Å². The lowest BCUT2D eigenvalue weighted by molar-refractivity contribution is -0.132. The van der Waals surface area contributed by atoms with Crippen LogP contribution in [0.1, 0.15) is 386 Å². The standard InChI is InChI=1S/C68H135NO5/c1-3-5-7-9-11-13-15-17-19-21-23-25-27-29-31-32-33-34-35-36-38-40-42-44-46-48-50-52-54-56-58-60-62-66(72)68(74)69-64(63-70)67(73)65(71)61-59-57-55-53-51-49-47-45-43-41-39-37-30-28-26-24-22-20-18-16-14-12-10-8-6-4-2/h29,31,64-67,70-73H,3-28,30,32-63H2,1-2H3,(H,69,74)/b31-29-. The molecule has 0 spiro atoms. The molecule has 0 saturated carbocycles. The lowest BCUT2D eigenvalue weighted by Gasteiger charge is -2.27. The van der Waals surface area contributed by atoms with E-state index in [4.69, 9.17) is 0 Å². The van der Waals surface area contributed by atoms with Gasteiger partial charge in [0.15, 0.2) is 0 Å². The molecule has 0 radical (unpaired) electrons. The maximum atomic E-state index is 12.7.